The molecular weight excluding hydrogens is 312 g/mol. The van der Waals surface area contributed by atoms with E-state index in [9.17, 15) is 4.79 Å². The summed E-state index contributed by atoms with van der Waals surface area (Å²) < 4.78 is 2.12. The molecule has 1 aliphatic heterocycles. The summed E-state index contributed by atoms with van der Waals surface area (Å²) >= 11 is 5.98. The van der Waals surface area contributed by atoms with E-state index in [1.54, 1.807) is 18.5 Å². The van der Waals surface area contributed by atoms with Gasteiger partial charge in [-0.3, -0.25) is 4.79 Å². The first kappa shape index (κ1) is 16.0. The van der Waals surface area contributed by atoms with Crippen molar-refractivity contribution in [2.45, 2.75) is 38.6 Å². The Morgan fingerprint density at radius 1 is 1.30 bits per heavy atom. The van der Waals surface area contributed by atoms with E-state index in [-0.39, 0.29) is 5.91 Å². The Hall–Kier alpha value is -1.88. The normalized spacial score (nSPS) is 16.1. The van der Waals surface area contributed by atoms with Gasteiger partial charge in [0.25, 0.3) is 5.91 Å². The van der Waals surface area contributed by atoms with Crippen LogP contribution in [0.5, 0.6) is 0 Å². The molecule has 2 heterocycles. The zero-order valence-electron chi connectivity index (χ0n) is 13.4. The highest BCUT2D eigenvalue weighted by Crippen LogP contribution is 2.28. The van der Waals surface area contributed by atoms with Gasteiger partial charge in [0.2, 0.25) is 0 Å². The van der Waals surface area contributed by atoms with Gasteiger partial charge in [-0.15, -0.1) is 10.2 Å². The summed E-state index contributed by atoms with van der Waals surface area (Å²) in [5.74, 6) is 1.45. The molecule has 0 radical (unpaired) electrons. The first-order valence-corrected chi connectivity index (χ1v) is 8.38. The molecule has 122 valence electrons. The number of hydrogen-bond acceptors (Lipinski definition) is 3. The highest BCUT2D eigenvalue weighted by molar-refractivity contribution is 6.30. The average Bonchev–Trinajstić information content (AvgIpc) is 3.04. The Morgan fingerprint density at radius 3 is 2.70 bits per heavy atom. The van der Waals surface area contributed by atoms with Crippen LogP contribution in [0.15, 0.2) is 30.6 Å². The van der Waals surface area contributed by atoms with Gasteiger partial charge in [0.1, 0.15) is 12.2 Å². The van der Waals surface area contributed by atoms with Crippen molar-refractivity contribution in [3.63, 3.8) is 0 Å². The van der Waals surface area contributed by atoms with Crippen LogP contribution in [0, 0.1) is 0 Å². The second-order valence-corrected chi connectivity index (χ2v) is 6.70. The predicted molar refractivity (Wildman–Crippen MR) is 89.7 cm³/mol. The van der Waals surface area contributed by atoms with Crippen molar-refractivity contribution in [3.05, 3.63) is 47.0 Å². The van der Waals surface area contributed by atoms with Crippen molar-refractivity contribution in [3.8, 4) is 0 Å². The lowest BCUT2D eigenvalue weighted by Crippen LogP contribution is -2.38. The van der Waals surface area contributed by atoms with E-state index in [4.69, 9.17) is 11.6 Å². The molecule has 0 spiro atoms. The molecule has 0 N–H and O–H groups in total. The molecular formula is C17H21ClN4O. The molecule has 2 aromatic rings. The molecule has 0 atom stereocenters. The first-order chi connectivity index (χ1) is 11.1. The number of halogens is 1. The minimum atomic E-state index is 0.0521. The number of carbonyl (C=O) groups excluding carboxylic acids is 1. The second-order valence-electron chi connectivity index (χ2n) is 6.27. The fourth-order valence-corrected chi connectivity index (χ4v) is 3.28. The lowest BCUT2D eigenvalue weighted by molar-refractivity contribution is 0.0710. The van der Waals surface area contributed by atoms with Crippen molar-refractivity contribution in [1.29, 1.82) is 0 Å². The Balaban J connectivity index is 1.66. The van der Waals surface area contributed by atoms with E-state index in [1.807, 2.05) is 17.0 Å². The molecule has 1 aromatic carbocycles. The molecule has 1 amide bonds. The van der Waals surface area contributed by atoms with Crippen molar-refractivity contribution in [2.75, 3.05) is 13.1 Å². The van der Waals surface area contributed by atoms with Crippen molar-refractivity contribution < 1.29 is 4.79 Å². The number of amides is 1. The number of aromatic nitrogens is 3. The van der Waals surface area contributed by atoms with Crippen LogP contribution in [0.2, 0.25) is 5.02 Å². The van der Waals surface area contributed by atoms with Crippen LogP contribution in [0.4, 0.5) is 0 Å². The number of rotatable bonds is 3. The van der Waals surface area contributed by atoms with Crippen molar-refractivity contribution in [2.24, 2.45) is 0 Å². The fraction of sp³-hybridized carbons (Fsp3) is 0.471. The summed E-state index contributed by atoms with van der Waals surface area (Å²) in [6.07, 6.45) is 3.62. The number of benzene rings is 1. The van der Waals surface area contributed by atoms with E-state index in [0.29, 0.717) is 22.5 Å². The Kier molecular flexibility index (Phi) is 4.66. The van der Waals surface area contributed by atoms with Gasteiger partial charge >= 0.3 is 0 Å². The minimum absolute atomic E-state index is 0.0521. The van der Waals surface area contributed by atoms with Gasteiger partial charge in [0.15, 0.2) is 0 Å². The Labute approximate surface area is 141 Å². The molecule has 1 saturated heterocycles. The van der Waals surface area contributed by atoms with Crippen molar-refractivity contribution in [1.82, 2.24) is 19.7 Å². The third-order valence-corrected chi connectivity index (χ3v) is 4.61. The Bertz CT molecular complexity index is 689. The monoisotopic (exact) mass is 332 g/mol. The van der Waals surface area contributed by atoms with E-state index in [2.05, 4.69) is 28.6 Å². The number of likely N-dealkylation sites (tertiary alicyclic amines) is 1. The maximum Gasteiger partial charge on any atom is 0.253 e. The van der Waals surface area contributed by atoms with Crippen LogP contribution in [-0.4, -0.2) is 38.7 Å². The average molecular weight is 333 g/mol. The molecule has 0 aliphatic carbocycles. The molecule has 0 bridgehead atoms. The third kappa shape index (κ3) is 3.39. The van der Waals surface area contributed by atoms with Gasteiger partial charge in [-0.05, 0) is 44.9 Å². The predicted octanol–water partition coefficient (Wildman–Crippen LogP) is 3.53. The van der Waals surface area contributed by atoms with Gasteiger partial charge < -0.3 is 9.47 Å². The summed E-state index contributed by atoms with van der Waals surface area (Å²) in [4.78, 5) is 14.5. The molecule has 0 saturated carbocycles. The van der Waals surface area contributed by atoms with Gasteiger partial charge in [0, 0.05) is 35.6 Å². The fourth-order valence-electron chi connectivity index (χ4n) is 3.09. The summed E-state index contributed by atoms with van der Waals surface area (Å²) in [6.45, 7) is 5.73. The maximum atomic E-state index is 12.6. The zero-order chi connectivity index (χ0) is 16.4. The SMILES string of the molecule is CC(C)n1cnnc1C1CCN(C(=O)c2cccc(Cl)c2)CC1. The summed E-state index contributed by atoms with van der Waals surface area (Å²) in [7, 11) is 0. The smallest absolute Gasteiger partial charge is 0.253 e. The quantitative estimate of drug-likeness (QED) is 0.864. The number of nitrogens with zero attached hydrogens (tertiary/aromatic N) is 4. The molecule has 1 aromatic heterocycles. The van der Waals surface area contributed by atoms with Gasteiger partial charge in [0.05, 0.1) is 0 Å². The topological polar surface area (TPSA) is 51.0 Å². The van der Waals surface area contributed by atoms with Gasteiger partial charge in [-0.2, -0.15) is 0 Å². The molecule has 23 heavy (non-hydrogen) atoms. The second kappa shape index (κ2) is 6.71. The van der Waals surface area contributed by atoms with Crippen LogP contribution in [0.1, 0.15) is 54.8 Å². The van der Waals surface area contributed by atoms with Crippen molar-refractivity contribution >= 4 is 17.5 Å². The van der Waals surface area contributed by atoms with Crippen LogP contribution < -0.4 is 0 Å². The lowest BCUT2D eigenvalue weighted by Gasteiger charge is -2.32. The Morgan fingerprint density at radius 2 is 2.04 bits per heavy atom. The first-order valence-electron chi connectivity index (χ1n) is 8.00. The molecule has 0 unspecified atom stereocenters. The van der Waals surface area contributed by atoms with E-state index in [0.717, 1.165) is 31.8 Å². The molecule has 6 heteroatoms. The minimum Gasteiger partial charge on any atom is -0.339 e. The zero-order valence-corrected chi connectivity index (χ0v) is 14.2. The molecule has 1 fully saturated rings. The van der Waals surface area contributed by atoms with E-state index in [1.165, 1.54) is 0 Å². The summed E-state index contributed by atoms with van der Waals surface area (Å²) in [5, 5.41) is 8.93. The van der Waals surface area contributed by atoms with E-state index >= 15 is 0 Å². The maximum absolute atomic E-state index is 12.6. The number of carbonyl (C=O) groups is 1. The standard InChI is InChI=1S/C17H21ClN4O/c1-12(2)22-11-19-20-16(22)13-6-8-21(9-7-13)17(23)14-4-3-5-15(18)10-14/h3-5,10-13H,6-9H2,1-2H3. The largest absolute Gasteiger partial charge is 0.339 e. The third-order valence-electron chi connectivity index (χ3n) is 4.38. The molecule has 3 rings (SSSR count). The summed E-state index contributed by atoms with van der Waals surface area (Å²) in [5.41, 5.74) is 0.654. The summed E-state index contributed by atoms with van der Waals surface area (Å²) in [6, 6.07) is 7.49. The van der Waals surface area contributed by atoms with Crippen LogP contribution in [-0.2, 0) is 0 Å². The molecule has 1 aliphatic rings. The van der Waals surface area contributed by atoms with Crippen LogP contribution >= 0.6 is 11.6 Å². The molecule has 5 nitrogen and oxygen atoms in total. The van der Waals surface area contributed by atoms with Crippen LogP contribution in [0.25, 0.3) is 0 Å². The van der Waals surface area contributed by atoms with E-state index < -0.39 is 0 Å². The highest BCUT2D eigenvalue weighted by Gasteiger charge is 2.27. The lowest BCUT2D eigenvalue weighted by atomic mass is 9.95. The highest BCUT2D eigenvalue weighted by atomic mass is 35.5. The van der Waals surface area contributed by atoms with Gasteiger partial charge in [-0.25, -0.2) is 0 Å². The van der Waals surface area contributed by atoms with Gasteiger partial charge in [-0.1, -0.05) is 17.7 Å². The number of hydrogen-bond donors (Lipinski definition) is 0. The number of piperidine rings is 1. The van der Waals surface area contributed by atoms with Crippen LogP contribution in [0.3, 0.4) is 0 Å².